The third-order valence-electron chi connectivity index (χ3n) is 2.75. The highest BCUT2D eigenvalue weighted by atomic mass is 19.1. The number of carbonyl (C=O) groups is 2. The lowest BCUT2D eigenvalue weighted by Gasteiger charge is -2.25. The summed E-state index contributed by atoms with van der Waals surface area (Å²) >= 11 is 0. The van der Waals surface area contributed by atoms with Gasteiger partial charge in [-0.3, -0.25) is 14.5 Å². The highest BCUT2D eigenvalue weighted by molar-refractivity contribution is 5.98. The van der Waals surface area contributed by atoms with Gasteiger partial charge in [0.1, 0.15) is 25.6 Å². The van der Waals surface area contributed by atoms with E-state index in [2.05, 4.69) is 11.8 Å². The normalized spacial score (nSPS) is 15.0. The molecule has 104 valence electrons. The molecule has 2 amide bonds. The van der Waals surface area contributed by atoms with E-state index in [0.717, 1.165) is 4.90 Å². The van der Waals surface area contributed by atoms with Gasteiger partial charge in [0.05, 0.1) is 6.54 Å². The maximum absolute atomic E-state index is 13.9. The van der Waals surface area contributed by atoms with Gasteiger partial charge in [-0.2, -0.15) is 0 Å². The van der Waals surface area contributed by atoms with Crippen LogP contribution in [0.25, 0.3) is 0 Å². The second-order valence-electron chi connectivity index (χ2n) is 4.13. The van der Waals surface area contributed by atoms with Crippen LogP contribution in [0.5, 0.6) is 0 Å². The predicted octanol–water partition coefficient (Wildman–Crippen LogP) is 0.0549. The number of imide groups is 1. The number of hydrogen-bond donors (Lipinski definition) is 1. The largest absolute Gasteiger partial charge is 0.384 e. The summed E-state index contributed by atoms with van der Waals surface area (Å²) in [6, 6.07) is 4.23. The van der Waals surface area contributed by atoms with Crippen molar-refractivity contribution in [1.29, 1.82) is 0 Å². The fraction of sp³-hybridized carbons (Fsp3) is 0.286. The Labute approximate surface area is 115 Å². The third kappa shape index (κ3) is 3.20. The average molecular weight is 277 g/mol. The van der Waals surface area contributed by atoms with E-state index >= 15 is 0 Å². The van der Waals surface area contributed by atoms with Crippen molar-refractivity contribution in [2.24, 2.45) is 0 Å². The van der Waals surface area contributed by atoms with Crippen LogP contribution in [0.15, 0.2) is 18.2 Å². The number of morpholine rings is 1. The molecule has 0 radical (unpaired) electrons. The Bertz CT molecular complexity index is 587. The molecule has 1 aliphatic rings. The van der Waals surface area contributed by atoms with Crippen LogP contribution in [0.4, 0.5) is 4.39 Å². The van der Waals surface area contributed by atoms with E-state index in [-0.39, 0.29) is 31.9 Å². The van der Waals surface area contributed by atoms with Gasteiger partial charge >= 0.3 is 0 Å². The van der Waals surface area contributed by atoms with E-state index in [1.165, 1.54) is 12.1 Å². The van der Waals surface area contributed by atoms with Crippen molar-refractivity contribution < 1.29 is 23.8 Å². The Morgan fingerprint density at radius 3 is 2.60 bits per heavy atom. The molecule has 2 rings (SSSR count). The zero-order chi connectivity index (χ0) is 14.5. The van der Waals surface area contributed by atoms with Crippen molar-refractivity contribution in [2.75, 3.05) is 19.8 Å². The summed E-state index contributed by atoms with van der Waals surface area (Å²) in [6.45, 7) is -0.776. The molecule has 0 saturated carbocycles. The lowest BCUT2D eigenvalue weighted by molar-refractivity contribution is -0.159. The molecular weight excluding hydrogens is 265 g/mol. The lowest BCUT2D eigenvalue weighted by atomic mass is 10.1. The first-order valence-electron chi connectivity index (χ1n) is 5.91. The van der Waals surface area contributed by atoms with Crippen LogP contribution in [0, 0.1) is 17.7 Å². The summed E-state index contributed by atoms with van der Waals surface area (Å²) in [4.78, 5) is 24.0. The first kappa shape index (κ1) is 14.2. The SMILES string of the molecule is O=C1COCC(=O)N1Cc1ccc(C#CCO)cc1F. The number of hydrogen-bond acceptors (Lipinski definition) is 4. The highest BCUT2D eigenvalue weighted by Crippen LogP contribution is 2.14. The van der Waals surface area contributed by atoms with Crippen molar-refractivity contribution in [3.05, 3.63) is 35.1 Å². The minimum atomic E-state index is -0.554. The van der Waals surface area contributed by atoms with Gasteiger partial charge in [0, 0.05) is 11.1 Å². The average Bonchev–Trinajstić information content (AvgIpc) is 2.42. The van der Waals surface area contributed by atoms with Crippen molar-refractivity contribution in [3.8, 4) is 11.8 Å². The van der Waals surface area contributed by atoms with Crippen LogP contribution in [-0.4, -0.2) is 41.6 Å². The summed E-state index contributed by atoms with van der Waals surface area (Å²) in [5, 5.41) is 8.57. The van der Waals surface area contributed by atoms with E-state index in [4.69, 9.17) is 9.84 Å². The monoisotopic (exact) mass is 277 g/mol. The molecule has 0 bridgehead atoms. The van der Waals surface area contributed by atoms with Crippen molar-refractivity contribution in [3.63, 3.8) is 0 Å². The summed E-state index contributed by atoms with van der Waals surface area (Å²) in [5.74, 6) is 3.47. The maximum Gasteiger partial charge on any atom is 0.255 e. The molecule has 0 atom stereocenters. The van der Waals surface area contributed by atoms with Gasteiger partial charge in [-0.1, -0.05) is 17.9 Å². The molecule has 20 heavy (non-hydrogen) atoms. The molecule has 6 heteroatoms. The fourth-order valence-corrected chi connectivity index (χ4v) is 1.76. The van der Waals surface area contributed by atoms with Gasteiger partial charge in [-0.25, -0.2) is 4.39 Å². The van der Waals surface area contributed by atoms with Crippen LogP contribution in [0.1, 0.15) is 11.1 Å². The van der Waals surface area contributed by atoms with Crippen molar-refractivity contribution in [1.82, 2.24) is 4.90 Å². The smallest absolute Gasteiger partial charge is 0.255 e. The molecule has 5 nitrogen and oxygen atoms in total. The van der Waals surface area contributed by atoms with Crippen molar-refractivity contribution >= 4 is 11.8 Å². The Balaban J connectivity index is 2.17. The highest BCUT2D eigenvalue weighted by Gasteiger charge is 2.27. The fourth-order valence-electron chi connectivity index (χ4n) is 1.76. The maximum atomic E-state index is 13.9. The first-order valence-corrected chi connectivity index (χ1v) is 5.91. The third-order valence-corrected chi connectivity index (χ3v) is 2.75. The molecule has 0 aromatic heterocycles. The van der Waals surface area contributed by atoms with Gasteiger partial charge in [0.2, 0.25) is 0 Å². The standard InChI is InChI=1S/C14H12FNO4/c15-12-6-10(2-1-5-17)3-4-11(12)7-16-13(18)8-20-9-14(16)19/h3-4,6,17H,5,7-9H2. The van der Waals surface area contributed by atoms with E-state index in [0.29, 0.717) is 5.56 Å². The topological polar surface area (TPSA) is 66.8 Å². The van der Waals surface area contributed by atoms with Crippen LogP contribution in [0.3, 0.4) is 0 Å². The summed E-state index contributed by atoms with van der Waals surface area (Å²) < 4.78 is 18.7. The molecule has 1 aromatic rings. The second kappa shape index (κ2) is 6.28. The van der Waals surface area contributed by atoms with E-state index in [1.807, 2.05) is 0 Å². The minimum Gasteiger partial charge on any atom is -0.384 e. The summed E-state index contributed by atoms with van der Waals surface area (Å²) in [6.07, 6.45) is 0. The van der Waals surface area contributed by atoms with Gasteiger partial charge < -0.3 is 9.84 Å². The second-order valence-corrected chi connectivity index (χ2v) is 4.13. The number of benzene rings is 1. The number of carbonyl (C=O) groups excluding carboxylic acids is 2. The lowest BCUT2D eigenvalue weighted by Crippen LogP contribution is -2.45. The molecule has 0 unspecified atom stereocenters. The minimum absolute atomic E-state index is 0.124. The van der Waals surface area contributed by atoms with Crippen LogP contribution < -0.4 is 0 Å². The Morgan fingerprint density at radius 2 is 2.00 bits per heavy atom. The number of nitrogens with zero attached hydrogens (tertiary/aromatic N) is 1. The molecular formula is C14H12FNO4. The van der Waals surface area contributed by atoms with Gasteiger partial charge in [0.25, 0.3) is 11.8 Å². The van der Waals surface area contributed by atoms with E-state index in [1.54, 1.807) is 6.07 Å². The Kier molecular flexibility index (Phi) is 4.45. The number of ether oxygens (including phenoxy) is 1. The Morgan fingerprint density at radius 1 is 1.30 bits per heavy atom. The number of halogens is 1. The summed E-state index contributed by atoms with van der Waals surface area (Å²) in [5.41, 5.74) is 0.642. The van der Waals surface area contributed by atoms with Crippen molar-refractivity contribution in [2.45, 2.75) is 6.54 Å². The molecule has 1 heterocycles. The number of aliphatic hydroxyl groups excluding tert-OH is 1. The zero-order valence-electron chi connectivity index (χ0n) is 10.6. The molecule has 1 aliphatic heterocycles. The Hall–Kier alpha value is -2.23. The zero-order valence-corrected chi connectivity index (χ0v) is 10.6. The van der Waals surface area contributed by atoms with Crippen LogP contribution in [0.2, 0.25) is 0 Å². The first-order chi connectivity index (χ1) is 9.61. The number of rotatable bonds is 2. The predicted molar refractivity (Wildman–Crippen MR) is 66.7 cm³/mol. The van der Waals surface area contributed by atoms with Crippen LogP contribution in [-0.2, 0) is 20.9 Å². The number of amides is 2. The van der Waals surface area contributed by atoms with Crippen LogP contribution >= 0.6 is 0 Å². The molecule has 0 aliphatic carbocycles. The van der Waals surface area contributed by atoms with Gasteiger partial charge in [0.15, 0.2) is 0 Å². The summed E-state index contributed by atoms with van der Waals surface area (Å²) in [7, 11) is 0. The quantitative estimate of drug-likeness (QED) is 0.613. The number of aliphatic hydroxyl groups is 1. The molecule has 1 fully saturated rings. The molecule has 1 N–H and O–H groups in total. The van der Waals surface area contributed by atoms with E-state index < -0.39 is 17.6 Å². The van der Waals surface area contributed by atoms with E-state index in [9.17, 15) is 14.0 Å². The molecule has 0 spiro atoms. The van der Waals surface area contributed by atoms with Gasteiger partial charge in [-0.05, 0) is 12.1 Å². The van der Waals surface area contributed by atoms with Gasteiger partial charge in [-0.15, -0.1) is 0 Å². The molecule has 1 saturated heterocycles. The molecule has 1 aromatic carbocycles.